The normalized spacial score (nSPS) is 23.6. The van der Waals surface area contributed by atoms with Crippen molar-refractivity contribution in [2.45, 2.75) is 76.2 Å². The molecule has 1 amide bonds. The van der Waals surface area contributed by atoms with Gasteiger partial charge in [-0.2, -0.15) is 0 Å². The highest BCUT2D eigenvalue weighted by Gasteiger charge is 2.33. The Labute approximate surface area is 244 Å². The van der Waals surface area contributed by atoms with Gasteiger partial charge >= 0.3 is 0 Å². The summed E-state index contributed by atoms with van der Waals surface area (Å²) in [7, 11) is -1.49. The van der Waals surface area contributed by atoms with Crippen molar-refractivity contribution in [3.63, 3.8) is 0 Å². The Morgan fingerprint density at radius 1 is 1.02 bits per heavy atom. The SMILES string of the molecule is Cc1c(NC[C@@H]2CCC[C@H](c3ccccc3)O2)ncnc1C(=O)N1CCC(N2CCC(N(C)S(C)(=O)=O)CC2)CC1. The molecule has 41 heavy (non-hydrogen) atoms. The third-order valence-electron chi connectivity index (χ3n) is 9.11. The van der Waals surface area contributed by atoms with Gasteiger partial charge in [-0.05, 0) is 70.5 Å². The quantitative estimate of drug-likeness (QED) is 0.503. The standard InChI is InChI=1S/C30H44N6O4S/c1-22-28(32-21-33-29(22)31-20-26-10-7-11-27(40-26)23-8-5-4-6-9-23)30(37)36-18-14-25(15-19-36)35-16-12-24(13-17-35)34(2)41(3,38)39/h4-6,8-9,21,24-27H,7,10-20H2,1-3H3,(H,31,32,33)/t26-,27+/m0/s1. The predicted molar refractivity (Wildman–Crippen MR) is 159 cm³/mol. The number of likely N-dealkylation sites (tertiary alicyclic amines) is 2. The van der Waals surface area contributed by atoms with Gasteiger partial charge in [0, 0.05) is 44.3 Å². The molecular formula is C30H44N6O4S. The van der Waals surface area contributed by atoms with Crippen molar-refractivity contribution in [2.75, 3.05) is 51.3 Å². The lowest BCUT2D eigenvalue weighted by molar-refractivity contribution is -0.0442. The summed E-state index contributed by atoms with van der Waals surface area (Å²) >= 11 is 0. The van der Waals surface area contributed by atoms with E-state index >= 15 is 0 Å². The van der Waals surface area contributed by atoms with Gasteiger partial charge in [-0.1, -0.05) is 30.3 Å². The summed E-state index contributed by atoms with van der Waals surface area (Å²) in [6.45, 7) is 5.71. The van der Waals surface area contributed by atoms with Crippen LogP contribution >= 0.6 is 0 Å². The molecule has 3 fully saturated rings. The summed E-state index contributed by atoms with van der Waals surface area (Å²) in [5.74, 6) is 0.642. The van der Waals surface area contributed by atoms with Gasteiger partial charge in [0.25, 0.3) is 5.91 Å². The molecule has 1 aromatic heterocycles. The van der Waals surface area contributed by atoms with Crippen molar-refractivity contribution in [3.05, 3.63) is 53.5 Å². The maximum atomic E-state index is 13.5. The zero-order valence-electron chi connectivity index (χ0n) is 24.5. The summed E-state index contributed by atoms with van der Waals surface area (Å²) < 4.78 is 31.7. The van der Waals surface area contributed by atoms with Gasteiger partial charge < -0.3 is 19.9 Å². The number of benzene rings is 1. The number of anilines is 1. The van der Waals surface area contributed by atoms with E-state index in [-0.39, 0.29) is 24.2 Å². The fourth-order valence-electron chi connectivity index (χ4n) is 6.49. The van der Waals surface area contributed by atoms with E-state index in [1.54, 1.807) is 7.05 Å². The number of hydrogen-bond donors (Lipinski definition) is 1. The number of hydrogen-bond acceptors (Lipinski definition) is 8. The van der Waals surface area contributed by atoms with E-state index in [4.69, 9.17) is 4.74 Å². The molecule has 0 aliphatic carbocycles. The van der Waals surface area contributed by atoms with Gasteiger partial charge in [0.1, 0.15) is 17.8 Å². The highest BCUT2D eigenvalue weighted by atomic mass is 32.2. The highest BCUT2D eigenvalue weighted by Crippen LogP contribution is 2.31. The van der Waals surface area contributed by atoms with Crippen LogP contribution in [0.25, 0.3) is 0 Å². The van der Waals surface area contributed by atoms with Crippen molar-refractivity contribution in [2.24, 2.45) is 0 Å². The van der Waals surface area contributed by atoms with Crippen LogP contribution in [0.4, 0.5) is 5.82 Å². The Kier molecular flexibility index (Phi) is 9.58. The third-order valence-corrected chi connectivity index (χ3v) is 10.5. The van der Waals surface area contributed by atoms with Crippen LogP contribution in [0.3, 0.4) is 0 Å². The molecule has 3 aliphatic rings. The van der Waals surface area contributed by atoms with Crippen molar-refractivity contribution in [3.8, 4) is 0 Å². The van der Waals surface area contributed by atoms with Crippen LogP contribution in [0.1, 0.15) is 72.7 Å². The second kappa shape index (κ2) is 13.1. The molecule has 2 aromatic rings. The molecule has 11 heteroatoms. The molecule has 0 spiro atoms. The first-order valence-corrected chi connectivity index (χ1v) is 16.8. The Hall–Kier alpha value is -2.60. The number of amides is 1. The molecule has 0 bridgehead atoms. The first kappa shape index (κ1) is 29.9. The summed E-state index contributed by atoms with van der Waals surface area (Å²) in [5.41, 5.74) is 2.44. The summed E-state index contributed by atoms with van der Waals surface area (Å²) in [4.78, 5) is 26.7. The molecule has 0 unspecified atom stereocenters. The van der Waals surface area contributed by atoms with E-state index in [9.17, 15) is 13.2 Å². The summed E-state index contributed by atoms with van der Waals surface area (Å²) in [6.07, 6.45) is 9.60. The number of nitrogens with zero attached hydrogens (tertiary/aromatic N) is 5. The zero-order chi connectivity index (χ0) is 29.0. The number of nitrogens with one attached hydrogen (secondary N) is 1. The van der Waals surface area contributed by atoms with Gasteiger partial charge in [0.15, 0.2) is 0 Å². The average molecular weight is 585 g/mol. The lowest BCUT2D eigenvalue weighted by atomic mass is 9.97. The smallest absolute Gasteiger partial charge is 0.272 e. The van der Waals surface area contributed by atoms with E-state index in [2.05, 4.69) is 44.5 Å². The van der Waals surface area contributed by atoms with E-state index in [0.717, 1.165) is 63.6 Å². The Morgan fingerprint density at radius 3 is 2.41 bits per heavy atom. The number of carbonyl (C=O) groups excluding carboxylic acids is 1. The van der Waals surface area contributed by atoms with Crippen LogP contribution in [0, 0.1) is 6.92 Å². The van der Waals surface area contributed by atoms with Crippen LogP contribution in [0.15, 0.2) is 36.7 Å². The van der Waals surface area contributed by atoms with Gasteiger partial charge in [-0.25, -0.2) is 22.7 Å². The second-order valence-electron chi connectivity index (χ2n) is 11.7. The first-order valence-electron chi connectivity index (χ1n) is 14.9. The fraction of sp³-hybridized carbons (Fsp3) is 0.633. The molecule has 3 aliphatic heterocycles. The summed E-state index contributed by atoms with van der Waals surface area (Å²) in [6, 6.07) is 10.9. The van der Waals surface area contributed by atoms with Gasteiger partial charge in [-0.15, -0.1) is 0 Å². The van der Waals surface area contributed by atoms with Crippen LogP contribution in [0.5, 0.6) is 0 Å². The monoisotopic (exact) mass is 584 g/mol. The maximum absolute atomic E-state index is 13.5. The molecule has 224 valence electrons. The number of ether oxygens (including phenoxy) is 1. The molecule has 3 saturated heterocycles. The molecule has 10 nitrogen and oxygen atoms in total. The maximum Gasteiger partial charge on any atom is 0.272 e. The lowest BCUT2D eigenvalue weighted by Gasteiger charge is -2.43. The third kappa shape index (κ3) is 7.25. The molecule has 1 N–H and O–H groups in total. The highest BCUT2D eigenvalue weighted by molar-refractivity contribution is 7.88. The average Bonchev–Trinajstić information content (AvgIpc) is 3.00. The van der Waals surface area contributed by atoms with Crippen molar-refractivity contribution >= 4 is 21.7 Å². The van der Waals surface area contributed by atoms with Crippen molar-refractivity contribution < 1.29 is 17.9 Å². The van der Waals surface area contributed by atoms with Crippen molar-refractivity contribution in [1.82, 2.24) is 24.1 Å². The number of rotatable bonds is 8. The fourth-order valence-corrected chi connectivity index (χ4v) is 7.24. The molecular weight excluding hydrogens is 540 g/mol. The minimum absolute atomic E-state index is 0.0436. The van der Waals surface area contributed by atoms with E-state index in [1.165, 1.54) is 22.5 Å². The van der Waals surface area contributed by atoms with E-state index in [0.29, 0.717) is 37.2 Å². The lowest BCUT2D eigenvalue weighted by Crippen LogP contribution is -2.52. The van der Waals surface area contributed by atoms with Crippen LogP contribution in [0.2, 0.25) is 0 Å². The second-order valence-corrected chi connectivity index (χ2v) is 13.8. The van der Waals surface area contributed by atoms with Crippen LogP contribution in [-0.4, -0.2) is 103 Å². The predicted octanol–water partition coefficient (Wildman–Crippen LogP) is 3.47. The summed E-state index contributed by atoms with van der Waals surface area (Å²) in [5, 5.41) is 3.43. The topological polar surface area (TPSA) is 108 Å². The molecule has 2 atom stereocenters. The molecule has 4 heterocycles. The number of sulfonamides is 1. The van der Waals surface area contributed by atoms with Crippen LogP contribution < -0.4 is 5.32 Å². The van der Waals surface area contributed by atoms with Gasteiger partial charge in [0.2, 0.25) is 10.0 Å². The Bertz CT molecular complexity index is 1280. The minimum Gasteiger partial charge on any atom is -0.368 e. The Morgan fingerprint density at radius 2 is 1.73 bits per heavy atom. The molecule has 5 rings (SSSR count). The van der Waals surface area contributed by atoms with Crippen LogP contribution in [-0.2, 0) is 14.8 Å². The zero-order valence-corrected chi connectivity index (χ0v) is 25.4. The number of aromatic nitrogens is 2. The first-order chi connectivity index (χ1) is 19.7. The largest absolute Gasteiger partial charge is 0.368 e. The van der Waals surface area contributed by atoms with Gasteiger partial charge in [0.05, 0.1) is 18.5 Å². The molecule has 1 aromatic carbocycles. The molecule has 0 saturated carbocycles. The van der Waals surface area contributed by atoms with E-state index < -0.39 is 10.0 Å². The van der Waals surface area contributed by atoms with Gasteiger partial charge in [-0.3, -0.25) is 4.79 Å². The molecule has 0 radical (unpaired) electrons. The number of piperidine rings is 2. The minimum atomic E-state index is -3.17. The van der Waals surface area contributed by atoms with E-state index in [1.807, 2.05) is 17.9 Å². The number of carbonyl (C=O) groups is 1. The van der Waals surface area contributed by atoms with Crippen molar-refractivity contribution in [1.29, 1.82) is 0 Å². The Balaban J connectivity index is 1.11.